The van der Waals surface area contributed by atoms with Crippen LogP contribution in [-0.2, 0) is 11.3 Å². The minimum absolute atomic E-state index is 0.0543. The number of halogens is 1. The maximum absolute atomic E-state index is 13.0. The lowest BCUT2D eigenvalue weighted by molar-refractivity contribution is -0.121. The molecule has 174 valence electrons. The van der Waals surface area contributed by atoms with E-state index in [1.54, 1.807) is 7.11 Å². The standard InChI is InChI=1S/C27H27BrN4O2/c1-34-23-14-10-21(11-15-23)29-27(33)19-5-4-16-31(17-19)18-26-30-24-6-2-3-7-25(24)32(26)22-12-8-20(28)9-13-22/h2-3,6-15,19H,4-5,16-18H2,1H3,(H,29,33)/t19-/m0/s1. The van der Waals surface area contributed by atoms with Crippen LogP contribution in [-0.4, -0.2) is 40.6 Å². The summed E-state index contributed by atoms with van der Waals surface area (Å²) in [5.41, 5.74) is 3.94. The van der Waals surface area contributed by atoms with Gasteiger partial charge in [0.2, 0.25) is 5.91 Å². The molecular formula is C27H27BrN4O2. The average molecular weight is 519 g/mol. The van der Waals surface area contributed by atoms with Gasteiger partial charge in [0.25, 0.3) is 0 Å². The summed E-state index contributed by atoms with van der Waals surface area (Å²) in [6.07, 6.45) is 1.88. The number of rotatable bonds is 6. The van der Waals surface area contributed by atoms with Crippen LogP contribution in [0.15, 0.2) is 77.3 Å². The van der Waals surface area contributed by atoms with Crippen LogP contribution in [0.4, 0.5) is 5.69 Å². The number of amides is 1. The Bertz CT molecular complexity index is 1280. The Morgan fingerprint density at radius 3 is 2.62 bits per heavy atom. The molecule has 0 radical (unpaired) electrons. The normalized spacial score (nSPS) is 16.5. The summed E-state index contributed by atoms with van der Waals surface area (Å²) >= 11 is 3.53. The van der Waals surface area contributed by atoms with Gasteiger partial charge in [0.15, 0.2) is 0 Å². The summed E-state index contributed by atoms with van der Waals surface area (Å²) in [6.45, 7) is 2.36. The fraction of sp³-hybridized carbons (Fsp3) is 0.259. The van der Waals surface area contributed by atoms with Crippen LogP contribution in [0, 0.1) is 5.92 Å². The molecule has 0 unspecified atom stereocenters. The van der Waals surface area contributed by atoms with Crippen molar-refractivity contribution in [2.24, 2.45) is 5.92 Å². The van der Waals surface area contributed by atoms with Crippen molar-refractivity contribution in [3.8, 4) is 11.4 Å². The summed E-state index contributed by atoms with van der Waals surface area (Å²) in [5, 5.41) is 3.06. The van der Waals surface area contributed by atoms with Crippen LogP contribution < -0.4 is 10.1 Å². The number of hydrogen-bond donors (Lipinski definition) is 1. The van der Waals surface area contributed by atoms with E-state index in [1.165, 1.54) is 0 Å². The second-order valence-corrected chi connectivity index (χ2v) is 9.54. The minimum Gasteiger partial charge on any atom is -0.497 e. The molecule has 4 aromatic rings. The van der Waals surface area contributed by atoms with E-state index in [0.29, 0.717) is 13.1 Å². The minimum atomic E-state index is -0.0543. The lowest BCUT2D eigenvalue weighted by Gasteiger charge is -2.31. The molecule has 6 nitrogen and oxygen atoms in total. The molecule has 0 aliphatic carbocycles. The monoisotopic (exact) mass is 518 g/mol. The largest absolute Gasteiger partial charge is 0.497 e. The van der Waals surface area contributed by atoms with Crippen molar-refractivity contribution < 1.29 is 9.53 Å². The number of piperidine rings is 1. The van der Waals surface area contributed by atoms with Gasteiger partial charge < -0.3 is 10.1 Å². The number of aromatic nitrogens is 2. The van der Waals surface area contributed by atoms with Crippen molar-refractivity contribution in [1.29, 1.82) is 0 Å². The van der Waals surface area contributed by atoms with Gasteiger partial charge in [-0.05, 0) is 80.1 Å². The number of imidazole rings is 1. The average Bonchev–Trinajstić information content (AvgIpc) is 3.23. The quantitative estimate of drug-likeness (QED) is 0.358. The summed E-state index contributed by atoms with van der Waals surface area (Å²) in [6, 6.07) is 24.0. The zero-order valence-corrected chi connectivity index (χ0v) is 20.7. The zero-order chi connectivity index (χ0) is 23.5. The molecule has 1 aliphatic heterocycles. The highest BCUT2D eigenvalue weighted by Crippen LogP contribution is 2.26. The number of carbonyl (C=O) groups is 1. The number of fused-ring (bicyclic) bond motifs is 1. The summed E-state index contributed by atoms with van der Waals surface area (Å²) in [5.74, 6) is 1.77. The smallest absolute Gasteiger partial charge is 0.228 e. The van der Waals surface area contributed by atoms with Crippen LogP contribution in [0.25, 0.3) is 16.7 Å². The second-order valence-electron chi connectivity index (χ2n) is 8.62. The number of nitrogens with one attached hydrogen (secondary N) is 1. The number of para-hydroxylation sites is 2. The third-order valence-corrected chi connectivity index (χ3v) is 6.84. The van der Waals surface area contributed by atoms with Gasteiger partial charge in [-0.1, -0.05) is 28.1 Å². The van der Waals surface area contributed by atoms with E-state index in [2.05, 4.69) is 55.0 Å². The maximum Gasteiger partial charge on any atom is 0.228 e. The van der Waals surface area contributed by atoms with Gasteiger partial charge in [-0.25, -0.2) is 4.98 Å². The van der Waals surface area contributed by atoms with E-state index < -0.39 is 0 Å². The first-order valence-electron chi connectivity index (χ1n) is 11.5. The molecule has 1 N–H and O–H groups in total. The molecule has 1 aliphatic rings. The van der Waals surface area contributed by atoms with Crippen molar-refractivity contribution in [1.82, 2.24) is 14.5 Å². The molecule has 0 spiro atoms. The third kappa shape index (κ3) is 4.86. The first kappa shape index (κ1) is 22.6. The predicted molar refractivity (Wildman–Crippen MR) is 138 cm³/mol. The molecule has 5 rings (SSSR count). The third-order valence-electron chi connectivity index (χ3n) is 6.31. The van der Waals surface area contributed by atoms with Gasteiger partial charge in [-0.2, -0.15) is 0 Å². The highest BCUT2D eigenvalue weighted by Gasteiger charge is 2.27. The van der Waals surface area contributed by atoms with E-state index in [1.807, 2.05) is 48.5 Å². The van der Waals surface area contributed by atoms with Crippen molar-refractivity contribution in [2.45, 2.75) is 19.4 Å². The molecule has 1 saturated heterocycles. The molecule has 0 bridgehead atoms. The molecule has 3 aromatic carbocycles. The fourth-order valence-corrected chi connectivity index (χ4v) is 4.86. The number of methoxy groups -OCH3 is 1. The lowest BCUT2D eigenvalue weighted by Crippen LogP contribution is -2.40. The Morgan fingerprint density at radius 1 is 1.09 bits per heavy atom. The molecule has 7 heteroatoms. The van der Waals surface area contributed by atoms with Crippen LogP contribution in [0.1, 0.15) is 18.7 Å². The van der Waals surface area contributed by atoms with Crippen molar-refractivity contribution in [3.63, 3.8) is 0 Å². The van der Waals surface area contributed by atoms with Gasteiger partial charge in [0.05, 0.1) is 30.6 Å². The predicted octanol–water partition coefficient (Wildman–Crippen LogP) is 5.65. The first-order valence-corrected chi connectivity index (χ1v) is 12.3. The van der Waals surface area contributed by atoms with Crippen molar-refractivity contribution in [2.75, 3.05) is 25.5 Å². The number of carbonyl (C=O) groups excluding carboxylic acids is 1. The Labute approximate surface area is 207 Å². The van der Waals surface area contributed by atoms with E-state index in [4.69, 9.17) is 9.72 Å². The van der Waals surface area contributed by atoms with E-state index in [0.717, 1.165) is 57.8 Å². The SMILES string of the molecule is COc1ccc(NC(=O)[C@H]2CCCN(Cc3nc4ccccc4n3-c3ccc(Br)cc3)C2)cc1. The van der Waals surface area contributed by atoms with Crippen molar-refractivity contribution in [3.05, 3.63) is 83.1 Å². The summed E-state index contributed by atoms with van der Waals surface area (Å²) < 4.78 is 8.47. The lowest BCUT2D eigenvalue weighted by atomic mass is 9.97. The molecule has 1 amide bonds. The molecule has 2 heterocycles. The molecule has 1 fully saturated rings. The topological polar surface area (TPSA) is 59.4 Å². The molecule has 34 heavy (non-hydrogen) atoms. The van der Waals surface area contributed by atoms with Gasteiger partial charge in [0, 0.05) is 22.4 Å². The van der Waals surface area contributed by atoms with Gasteiger partial charge in [-0.15, -0.1) is 0 Å². The number of likely N-dealkylation sites (tertiary alicyclic amines) is 1. The summed E-state index contributed by atoms with van der Waals surface area (Å²) in [4.78, 5) is 20.3. The van der Waals surface area contributed by atoms with Gasteiger partial charge >= 0.3 is 0 Å². The van der Waals surface area contributed by atoms with Gasteiger partial charge in [-0.3, -0.25) is 14.3 Å². The molecule has 0 saturated carbocycles. The first-order chi connectivity index (χ1) is 16.6. The Morgan fingerprint density at radius 2 is 1.85 bits per heavy atom. The Hall–Kier alpha value is -3.16. The maximum atomic E-state index is 13.0. The highest BCUT2D eigenvalue weighted by molar-refractivity contribution is 9.10. The van der Waals surface area contributed by atoms with Crippen LogP contribution in [0.2, 0.25) is 0 Å². The summed E-state index contributed by atoms with van der Waals surface area (Å²) in [7, 11) is 1.63. The van der Waals surface area contributed by atoms with Crippen LogP contribution in [0.5, 0.6) is 5.75 Å². The van der Waals surface area contributed by atoms with E-state index >= 15 is 0 Å². The molecule has 1 atom stereocenters. The molecule has 1 aromatic heterocycles. The fourth-order valence-electron chi connectivity index (χ4n) is 4.59. The number of ether oxygens (including phenoxy) is 1. The van der Waals surface area contributed by atoms with E-state index in [9.17, 15) is 4.79 Å². The zero-order valence-electron chi connectivity index (χ0n) is 19.1. The van der Waals surface area contributed by atoms with Crippen molar-refractivity contribution >= 4 is 38.6 Å². The molecular weight excluding hydrogens is 492 g/mol. The van der Waals surface area contributed by atoms with E-state index in [-0.39, 0.29) is 11.8 Å². The Kier molecular flexibility index (Phi) is 6.65. The number of nitrogens with zero attached hydrogens (tertiary/aromatic N) is 3. The van der Waals surface area contributed by atoms with Crippen LogP contribution in [0.3, 0.4) is 0 Å². The van der Waals surface area contributed by atoms with Crippen LogP contribution >= 0.6 is 15.9 Å². The van der Waals surface area contributed by atoms with Gasteiger partial charge in [0.1, 0.15) is 11.6 Å². The number of hydrogen-bond acceptors (Lipinski definition) is 4. The number of anilines is 1. The second kappa shape index (κ2) is 9.99. The highest BCUT2D eigenvalue weighted by atomic mass is 79.9. The Balaban J connectivity index is 1.34. The number of benzene rings is 3.